The van der Waals surface area contributed by atoms with Gasteiger partial charge in [-0.05, 0) is 37.6 Å². The summed E-state index contributed by atoms with van der Waals surface area (Å²) < 4.78 is 10.9. The molecule has 4 atom stereocenters. The van der Waals surface area contributed by atoms with Crippen LogP contribution in [-0.4, -0.2) is 40.6 Å². The third-order valence-corrected chi connectivity index (χ3v) is 4.41. The summed E-state index contributed by atoms with van der Waals surface area (Å²) in [4.78, 5) is 36.2. The SMILES string of the molecule is C=C1C(=O)OC2C=C(C)C(=O)C=CC(C)(O)CC(OC(=O)C(C)C)C12. The molecular weight excluding hydrogens is 324 g/mol. The topological polar surface area (TPSA) is 89.9 Å². The average Bonchev–Trinajstić information content (AvgIpc) is 2.77. The van der Waals surface area contributed by atoms with E-state index in [9.17, 15) is 19.5 Å². The zero-order chi connectivity index (χ0) is 18.9. The number of carbonyl (C=O) groups excluding carboxylic acids is 3. The van der Waals surface area contributed by atoms with Crippen molar-refractivity contribution in [1.82, 2.24) is 0 Å². The van der Waals surface area contributed by atoms with Gasteiger partial charge in [-0.3, -0.25) is 9.59 Å². The summed E-state index contributed by atoms with van der Waals surface area (Å²) in [6, 6.07) is 0. The summed E-state index contributed by atoms with van der Waals surface area (Å²) in [6.07, 6.45) is 2.64. The third kappa shape index (κ3) is 4.25. The Kier molecular flexibility index (Phi) is 5.32. The van der Waals surface area contributed by atoms with Crippen molar-refractivity contribution in [3.63, 3.8) is 0 Å². The van der Waals surface area contributed by atoms with Crippen molar-refractivity contribution >= 4 is 17.7 Å². The Hall–Kier alpha value is -2.21. The van der Waals surface area contributed by atoms with Gasteiger partial charge in [-0.2, -0.15) is 0 Å². The van der Waals surface area contributed by atoms with Gasteiger partial charge in [0.25, 0.3) is 0 Å². The predicted molar refractivity (Wildman–Crippen MR) is 90.4 cm³/mol. The van der Waals surface area contributed by atoms with Gasteiger partial charge in [-0.1, -0.05) is 20.4 Å². The highest BCUT2D eigenvalue weighted by Gasteiger charge is 2.46. The molecule has 0 amide bonds. The van der Waals surface area contributed by atoms with Gasteiger partial charge in [0.15, 0.2) is 5.78 Å². The van der Waals surface area contributed by atoms with Crippen molar-refractivity contribution in [2.45, 2.75) is 51.9 Å². The van der Waals surface area contributed by atoms with Crippen LogP contribution in [0.5, 0.6) is 0 Å². The average molecular weight is 348 g/mol. The second-order valence-electron chi connectivity index (χ2n) is 7.16. The Labute approximate surface area is 147 Å². The summed E-state index contributed by atoms with van der Waals surface area (Å²) in [6.45, 7) is 10.3. The number of fused-ring (bicyclic) bond motifs is 1. The first-order chi connectivity index (χ1) is 11.5. The number of carbonyl (C=O) groups is 3. The van der Waals surface area contributed by atoms with Crippen LogP contribution in [0.1, 0.15) is 34.1 Å². The first kappa shape index (κ1) is 19.1. The quantitative estimate of drug-likeness (QED) is 0.605. The fourth-order valence-electron chi connectivity index (χ4n) is 2.90. The van der Waals surface area contributed by atoms with Gasteiger partial charge < -0.3 is 14.6 Å². The Balaban J connectivity index is 2.49. The van der Waals surface area contributed by atoms with Crippen molar-refractivity contribution in [2.75, 3.05) is 0 Å². The predicted octanol–water partition coefficient (Wildman–Crippen LogP) is 1.88. The summed E-state index contributed by atoms with van der Waals surface area (Å²) in [5.74, 6) is -2.34. The van der Waals surface area contributed by atoms with Crippen molar-refractivity contribution in [2.24, 2.45) is 11.8 Å². The van der Waals surface area contributed by atoms with Gasteiger partial charge in [0.2, 0.25) is 0 Å². The van der Waals surface area contributed by atoms with Crippen LogP contribution in [0.4, 0.5) is 0 Å². The number of hydrogen-bond acceptors (Lipinski definition) is 6. The van der Waals surface area contributed by atoms with Crippen molar-refractivity contribution in [3.8, 4) is 0 Å². The maximum absolute atomic E-state index is 12.1. The minimum absolute atomic E-state index is 0.0129. The molecule has 0 aromatic rings. The van der Waals surface area contributed by atoms with Crippen molar-refractivity contribution in [1.29, 1.82) is 0 Å². The molecule has 136 valence electrons. The molecule has 25 heavy (non-hydrogen) atoms. The normalized spacial score (nSPS) is 33.0. The van der Waals surface area contributed by atoms with Crippen molar-refractivity contribution < 1.29 is 29.0 Å². The third-order valence-electron chi connectivity index (χ3n) is 4.41. The van der Waals surface area contributed by atoms with E-state index >= 15 is 0 Å². The van der Waals surface area contributed by atoms with E-state index in [4.69, 9.17) is 9.47 Å². The molecule has 2 aliphatic rings. The first-order valence-corrected chi connectivity index (χ1v) is 8.26. The standard InChI is InChI=1S/C19H24O6/c1-10(2)17(21)25-15-9-19(5,23)7-6-13(20)11(3)8-14-16(15)12(4)18(22)24-14/h6-8,10,14-16,23H,4,9H2,1-3,5H3. The molecule has 1 N–H and O–H groups in total. The van der Waals surface area contributed by atoms with Crippen molar-refractivity contribution in [3.05, 3.63) is 36.0 Å². The molecule has 0 spiro atoms. The summed E-state index contributed by atoms with van der Waals surface area (Å²) >= 11 is 0. The summed E-state index contributed by atoms with van der Waals surface area (Å²) in [7, 11) is 0. The van der Waals surface area contributed by atoms with Gasteiger partial charge in [-0.15, -0.1) is 0 Å². The van der Waals surface area contributed by atoms with Gasteiger partial charge in [0, 0.05) is 12.0 Å². The number of hydrogen-bond donors (Lipinski definition) is 1. The molecule has 6 heteroatoms. The second-order valence-corrected chi connectivity index (χ2v) is 7.16. The van der Waals surface area contributed by atoms with Crippen LogP contribution in [0.15, 0.2) is 36.0 Å². The van der Waals surface area contributed by atoms with E-state index in [1.165, 1.54) is 19.1 Å². The molecule has 0 bridgehead atoms. The molecule has 2 rings (SSSR count). The maximum atomic E-state index is 12.1. The van der Waals surface area contributed by atoms with Crippen LogP contribution in [0, 0.1) is 11.8 Å². The first-order valence-electron chi connectivity index (χ1n) is 8.26. The number of ketones is 1. The minimum atomic E-state index is -1.40. The van der Waals surface area contributed by atoms with E-state index in [0.717, 1.165) is 0 Å². The lowest BCUT2D eigenvalue weighted by atomic mass is 9.82. The Morgan fingerprint density at radius 1 is 1.44 bits per heavy atom. The van der Waals surface area contributed by atoms with E-state index < -0.39 is 35.7 Å². The lowest BCUT2D eigenvalue weighted by molar-refractivity contribution is -0.158. The van der Waals surface area contributed by atoms with Crippen LogP contribution < -0.4 is 0 Å². The molecule has 1 aliphatic heterocycles. The lowest BCUT2D eigenvalue weighted by Gasteiger charge is -2.32. The molecule has 0 aromatic heterocycles. The molecule has 1 saturated heterocycles. The fourth-order valence-corrected chi connectivity index (χ4v) is 2.90. The zero-order valence-corrected chi connectivity index (χ0v) is 14.9. The molecular formula is C19H24O6. The second kappa shape index (κ2) is 6.96. The lowest BCUT2D eigenvalue weighted by Crippen LogP contribution is -2.40. The molecule has 0 saturated carbocycles. The molecule has 1 heterocycles. The van der Waals surface area contributed by atoms with Crippen LogP contribution >= 0.6 is 0 Å². The van der Waals surface area contributed by atoms with E-state index in [2.05, 4.69) is 6.58 Å². The molecule has 0 aromatic carbocycles. The van der Waals surface area contributed by atoms with E-state index in [1.54, 1.807) is 26.8 Å². The highest BCUT2D eigenvalue weighted by Crippen LogP contribution is 2.37. The number of allylic oxidation sites excluding steroid dienone is 2. The van der Waals surface area contributed by atoms with Crippen LogP contribution in [-0.2, 0) is 23.9 Å². The smallest absolute Gasteiger partial charge is 0.334 e. The molecule has 0 radical (unpaired) electrons. The van der Waals surface area contributed by atoms with Gasteiger partial charge in [0.1, 0.15) is 12.2 Å². The monoisotopic (exact) mass is 348 g/mol. The number of aliphatic hydroxyl groups is 1. The molecule has 1 aliphatic carbocycles. The largest absolute Gasteiger partial charge is 0.461 e. The number of ether oxygens (including phenoxy) is 2. The van der Waals surface area contributed by atoms with Crippen LogP contribution in [0.25, 0.3) is 0 Å². The fraction of sp³-hybridized carbons (Fsp3) is 0.526. The highest BCUT2D eigenvalue weighted by atomic mass is 16.6. The maximum Gasteiger partial charge on any atom is 0.334 e. The van der Waals surface area contributed by atoms with E-state index in [-0.39, 0.29) is 23.7 Å². The Bertz CT molecular complexity index is 667. The molecule has 4 unspecified atom stereocenters. The molecule has 1 fully saturated rings. The van der Waals surface area contributed by atoms with E-state index in [1.807, 2.05) is 0 Å². The Morgan fingerprint density at radius 2 is 2.08 bits per heavy atom. The summed E-state index contributed by atoms with van der Waals surface area (Å²) in [5.41, 5.74) is -0.852. The highest BCUT2D eigenvalue weighted by molar-refractivity contribution is 6.03. The van der Waals surface area contributed by atoms with Crippen LogP contribution in [0.2, 0.25) is 0 Å². The van der Waals surface area contributed by atoms with Gasteiger partial charge >= 0.3 is 11.9 Å². The van der Waals surface area contributed by atoms with Gasteiger partial charge in [0.05, 0.1) is 17.4 Å². The van der Waals surface area contributed by atoms with Gasteiger partial charge in [-0.25, -0.2) is 4.79 Å². The minimum Gasteiger partial charge on any atom is -0.461 e. The Morgan fingerprint density at radius 3 is 2.68 bits per heavy atom. The number of esters is 2. The van der Waals surface area contributed by atoms with E-state index in [0.29, 0.717) is 5.57 Å². The summed E-state index contributed by atoms with van der Waals surface area (Å²) in [5, 5.41) is 10.6. The molecule has 6 nitrogen and oxygen atoms in total. The van der Waals surface area contributed by atoms with Crippen LogP contribution in [0.3, 0.4) is 0 Å². The number of rotatable bonds is 2. The zero-order valence-electron chi connectivity index (χ0n) is 14.9.